The van der Waals surface area contributed by atoms with Crippen LogP contribution in [0.2, 0.25) is 0 Å². The first-order chi connectivity index (χ1) is 9.95. The minimum Gasteiger partial charge on any atom is -0.375 e. The zero-order chi connectivity index (χ0) is 15.5. The molecule has 0 saturated carbocycles. The first-order valence-electron chi connectivity index (χ1n) is 7.91. The number of rotatable bonds is 5. The van der Waals surface area contributed by atoms with Crippen LogP contribution in [-0.4, -0.2) is 35.3 Å². The van der Waals surface area contributed by atoms with Crippen LogP contribution in [0.15, 0.2) is 0 Å². The highest BCUT2D eigenvalue weighted by Crippen LogP contribution is 2.28. The smallest absolute Gasteiger partial charge is 0.134 e. The lowest BCUT2D eigenvalue weighted by molar-refractivity contribution is -0.0553. The summed E-state index contributed by atoms with van der Waals surface area (Å²) >= 11 is 0. The summed E-state index contributed by atoms with van der Waals surface area (Å²) < 4.78 is 5.79. The third-order valence-corrected chi connectivity index (χ3v) is 3.94. The van der Waals surface area contributed by atoms with Gasteiger partial charge in [-0.05, 0) is 40.0 Å². The van der Waals surface area contributed by atoms with Gasteiger partial charge in [0.25, 0.3) is 0 Å². The van der Waals surface area contributed by atoms with Gasteiger partial charge in [-0.2, -0.15) is 0 Å². The van der Waals surface area contributed by atoms with E-state index in [1.165, 1.54) is 0 Å². The zero-order valence-electron chi connectivity index (χ0n) is 13.9. The summed E-state index contributed by atoms with van der Waals surface area (Å²) in [6.45, 7) is 9.31. The SMILES string of the molecule is CCCc1nc(NC)c(C)c(NC2CCOC(C)(C)C2)n1. The van der Waals surface area contributed by atoms with Crippen LogP contribution in [0.4, 0.5) is 11.6 Å². The maximum absolute atomic E-state index is 5.79. The third-order valence-electron chi connectivity index (χ3n) is 3.94. The molecule has 21 heavy (non-hydrogen) atoms. The highest BCUT2D eigenvalue weighted by Gasteiger charge is 2.29. The van der Waals surface area contributed by atoms with Crippen LogP contribution >= 0.6 is 0 Å². The minimum absolute atomic E-state index is 0.0606. The van der Waals surface area contributed by atoms with Gasteiger partial charge in [0, 0.05) is 31.7 Å². The largest absolute Gasteiger partial charge is 0.375 e. The zero-order valence-corrected chi connectivity index (χ0v) is 13.9. The summed E-state index contributed by atoms with van der Waals surface area (Å²) in [5.74, 6) is 2.78. The molecule has 1 aliphatic rings. The lowest BCUT2D eigenvalue weighted by Gasteiger charge is -2.36. The van der Waals surface area contributed by atoms with Crippen LogP contribution in [0.3, 0.4) is 0 Å². The maximum Gasteiger partial charge on any atom is 0.134 e. The van der Waals surface area contributed by atoms with Crippen molar-refractivity contribution in [2.24, 2.45) is 0 Å². The molecule has 0 aliphatic carbocycles. The normalized spacial score (nSPS) is 21.1. The van der Waals surface area contributed by atoms with E-state index in [0.717, 1.165) is 55.3 Å². The minimum atomic E-state index is -0.0606. The Balaban J connectivity index is 2.20. The van der Waals surface area contributed by atoms with E-state index >= 15 is 0 Å². The van der Waals surface area contributed by atoms with E-state index in [1.54, 1.807) is 0 Å². The molecule has 1 aromatic heterocycles. The number of nitrogens with zero attached hydrogens (tertiary/aromatic N) is 2. The monoisotopic (exact) mass is 292 g/mol. The van der Waals surface area contributed by atoms with E-state index in [4.69, 9.17) is 9.72 Å². The molecule has 0 radical (unpaired) electrons. The summed E-state index contributed by atoms with van der Waals surface area (Å²) in [7, 11) is 1.91. The van der Waals surface area contributed by atoms with Crippen molar-refractivity contribution < 1.29 is 4.74 Å². The molecule has 1 saturated heterocycles. The van der Waals surface area contributed by atoms with Crippen LogP contribution in [0, 0.1) is 6.92 Å². The van der Waals surface area contributed by atoms with Crippen LogP contribution in [0.25, 0.3) is 0 Å². The lowest BCUT2D eigenvalue weighted by atomic mass is 9.94. The molecule has 5 heteroatoms. The first-order valence-corrected chi connectivity index (χ1v) is 7.91. The molecule has 0 spiro atoms. The van der Waals surface area contributed by atoms with Gasteiger partial charge in [0.15, 0.2) is 0 Å². The second kappa shape index (κ2) is 6.60. The molecular weight excluding hydrogens is 264 g/mol. The van der Waals surface area contributed by atoms with Crippen molar-refractivity contribution in [3.05, 3.63) is 11.4 Å². The van der Waals surface area contributed by atoms with Crippen LogP contribution < -0.4 is 10.6 Å². The number of ether oxygens (including phenoxy) is 1. The standard InChI is InChI=1S/C16H28N4O/c1-6-7-13-19-14(17-5)11(2)15(20-13)18-12-8-9-21-16(3,4)10-12/h12H,6-10H2,1-5H3,(H2,17,18,19,20). The summed E-state index contributed by atoms with van der Waals surface area (Å²) in [5, 5.41) is 6.78. The molecule has 2 N–H and O–H groups in total. The molecule has 2 rings (SSSR count). The Morgan fingerprint density at radius 1 is 1.29 bits per heavy atom. The summed E-state index contributed by atoms with van der Waals surface area (Å²) in [6, 6.07) is 0.404. The second-order valence-corrected chi connectivity index (χ2v) is 6.40. The number of nitrogens with one attached hydrogen (secondary N) is 2. The predicted molar refractivity (Wildman–Crippen MR) is 87.0 cm³/mol. The van der Waals surface area contributed by atoms with Gasteiger partial charge in [0.2, 0.25) is 0 Å². The van der Waals surface area contributed by atoms with Gasteiger partial charge in [0.05, 0.1) is 5.60 Å². The van der Waals surface area contributed by atoms with Crippen molar-refractivity contribution >= 4 is 11.6 Å². The van der Waals surface area contributed by atoms with E-state index in [0.29, 0.717) is 6.04 Å². The molecule has 0 aromatic carbocycles. The Bertz CT molecular complexity index is 487. The summed E-state index contributed by atoms with van der Waals surface area (Å²) in [4.78, 5) is 9.29. The molecule has 0 bridgehead atoms. The van der Waals surface area contributed by atoms with Crippen LogP contribution in [0.5, 0.6) is 0 Å². The molecule has 1 aromatic rings. The van der Waals surface area contributed by atoms with Crippen molar-refractivity contribution in [1.29, 1.82) is 0 Å². The Morgan fingerprint density at radius 3 is 2.62 bits per heavy atom. The fraction of sp³-hybridized carbons (Fsp3) is 0.750. The summed E-state index contributed by atoms with van der Waals surface area (Å²) in [5.41, 5.74) is 1.02. The number of hydrogen-bond donors (Lipinski definition) is 2. The van der Waals surface area contributed by atoms with Gasteiger partial charge in [-0.1, -0.05) is 6.92 Å². The fourth-order valence-electron chi connectivity index (χ4n) is 2.83. The molecule has 1 unspecified atom stereocenters. The second-order valence-electron chi connectivity index (χ2n) is 6.40. The lowest BCUT2D eigenvalue weighted by Crippen LogP contribution is -2.40. The molecule has 0 amide bonds. The van der Waals surface area contributed by atoms with Crippen molar-refractivity contribution in [3.63, 3.8) is 0 Å². The number of aryl methyl sites for hydroxylation is 1. The quantitative estimate of drug-likeness (QED) is 0.873. The van der Waals surface area contributed by atoms with Gasteiger partial charge in [-0.3, -0.25) is 0 Å². The molecule has 1 fully saturated rings. The maximum atomic E-state index is 5.79. The molecular formula is C16H28N4O. The van der Waals surface area contributed by atoms with Gasteiger partial charge in [-0.15, -0.1) is 0 Å². The van der Waals surface area contributed by atoms with E-state index in [-0.39, 0.29) is 5.60 Å². The highest BCUT2D eigenvalue weighted by molar-refractivity contribution is 5.57. The number of hydrogen-bond acceptors (Lipinski definition) is 5. The number of aromatic nitrogens is 2. The van der Waals surface area contributed by atoms with E-state index in [9.17, 15) is 0 Å². The van der Waals surface area contributed by atoms with Crippen molar-refractivity contribution in [2.45, 2.75) is 65.0 Å². The first kappa shape index (κ1) is 16.0. The van der Waals surface area contributed by atoms with Gasteiger partial charge < -0.3 is 15.4 Å². The average molecular weight is 292 g/mol. The fourth-order valence-corrected chi connectivity index (χ4v) is 2.83. The van der Waals surface area contributed by atoms with Crippen molar-refractivity contribution in [2.75, 3.05) is 24.3 Å². The van der Waals surface area contributed by atoms with E-state index in [2.05, 4.69) is 43.3 Å². The van der Waals surface area contributed by atoms with Gasteiger partial charge >= 0.3 is 0 Å². The molecule has 1 atom stereocenters. The van der Waals surface area contributed by atoms with Crippen LogP contribution in [0.1, 0.15) is 51.4 Å². The van der Waals surface area contributed by atoms with Crippen LogP contribution in [-0.2, 0) is 11.2 Å². The average Bonchev–Trinajstić information content (AvgIpc) is 2.41. The van der Waals surface area contributed by atoms with Gasteiger partial charge in [-0.25, -0.2) is 9.97 Å². The number of anilines is 2. The third kappa shape index (κ3) is 4.06. The van der Waals surface area contributed by atoms with E-state index < -0.39 is 0 Å². The van der Waals surface area contributed by atoms with E-state index in [1.807, 2.05) is 7.05 Å². The van der Waals surface area contributed by atoms with Gasteiger partial charge in [0.1, 0.15) is 17.5 Å². The Labute approximate surface area is 127 Å². The molecule has 118 valence electrons. The Morgan fingerprint density at radius 2 is 2.00 bits per heavy atom. The van der Waals surface area contributed by atoms with Crippen molar-refractivity contribution in [3.8, 4) is 0 Å². The molecule has 5 nitrogen and oxygen atoms in total. The van der Waals surface area contributed by atoms with Crippen molar-refractivity contribution in [1.82, 2.24) is 9.97 Å². The molecule has 2 heterocycles. The Kier molecular flexibility index (Phi) is 5.04. The summed E-state index contributed by atoms with van der Waals surface area (Å²) in [6.07, 6.45) is 3.97. The highest BCUT2D eigenvalue weighted by atomic mass is 16.5. The molecule has 1 aliphatic heterocycles. The Hall–Kier alpha value is -1.36. The topological polar surface area (TPSA) is 59.1 Å². The predicted octanol–water partition coefficient (Wildman–Crippen LogP) is 3.15.